The van der Waals surface area contributed by atoms with Crippen molar-refractivity contribution in [3.8, 4) is 0 Å². The second-order valence-corrected chi connectivity index (χ2v) is 6.57. The lowest BCUT2D eigenvalue weighted by molar-refractivity contribution is 0.345. The van der Waals surface area contributed by atoms with Crippen LogP contribution in [0.5, 0.6) is 0 Å². The fourth-order valence-electron chi connectivity index (χ4n) is 1.80. The third-order valence-corrected chi connectivity index (χ3v) is 4.90. The van der Waals surface area contributed by atoms with E-state index < -0.39 is 10.0 Å². The molecule has 0 saturated heterocycles. The molecule has 0 atom stereocenters. The predicted octanol–water partition coefficient (Wildman–Crippen LogP) is 0.395. The van der Waals surface area contributed by atoms with Crippen molar-refractivity contribution in [1.82, 2.24) is 4.31 Å². The molecule has 0 aliphatic heterocycles. The van der Waals surface area contributed by atoms with Gasteiger partial charge >= 0.3 is 0 Å². The Labute approximate surface area is 86.5 Å². The molecule has 0 aromatic heterocycles. The minimum Gasteiger partial charge on any atom is -0.328 e. The Morgan fingerprint density at radius 1 is 1.21 bits per heavy atom. The molecular weight excluding hydrogens is 200 g/mol. The standard InChI is InChI=1S/C9H20N2O2S/c1-11(2)14(12,13)7-8-3-5-9(10)6-4-8/h8-9H,3-7,10H2,1-2H3. The van der Waals surface area contributed by atoms with Gasteiger partial charge in [0.05, 0.1) is 5.75 Å². The molecule has 1 aliphatic rings. The van der Waals surface area contributed by atoms with Gasteiger partial charge < -0.3 is 5.73 Å². The van der Waals surface area contributed by atoms with Crippen LogP contribution in [0.4, 0.5) is 0 Å². The quantitative estimate of drug-likeness (QED) is 0.748. The molecule has 1 saturated carbocycles. The Bertz CT molecular complexity index is 267. The maximum Gasteiger partial charge on any atom is 0.213 e. The molecule has 5 heteroatoms. The van der Waals surface area contributed by atoms with Crippen LogP contribution in [0.2, 0.25) is 0 Å². The van der Waals surface area contributed by atoms with Crippen molar-refractivity contribution in [2.75, 3.05) is 19.8 Å². The van der Waals surface area contributed by atoms with Crippen LogP contribution >= 0.6 is 0 Å². The fraction of sp³-hybridized carbons (Fsp3) is 1.00. The first-order valence-corrected chi connectivity index (χ1v) is 6.68. The van der Waals surface area contributed by atoms with Crippen molar-refractivity contribution in [3.05, 3.63) is 0 Å². The van der Waals surface area contributed by atoms with E-state index in [2.05, 4.69) is 0 Å². The van der Waals surface area contributed by atoms with Gasteiger partial charge in [-0.05, 0) is 31.6 Å². The van der Waals surface area contributed by atoms with Crippen LogP contribution in [0, 0.1) is 5.92 Å². The molecule has 0 unspecified atom stereocenters. The Kier molecular flexibility index (Phi) is 3.92. The van der Waals surface area contributed by atoms with Crippen LogP contribution in [0.1, 0.15) is 25.7 Å². The monoisotopic (exact) mass is 220 g/mol. The molecule has 0 heterocycles. The molecular formula is C9H20N2O2S. The lowest BCUT2D eigenvalue weighted by Gasteiger charge is -2.26. The van der Waals surface area contributed by atoms with Crippen LogP contribution in [-0.2, 0) is 10.0 Å². The van der Waals surface area contributed by atoms with Gasteiger partial charge in [-0.25, -0.2) is 12.7 Å². The molecule has 1 fully saturated rings. The highest BCUT2D eigenvalue weighted by atomic mass is 32.2. The van der Waals surface area contributed by atoms with Gasteiger partial charge in [0.25, 0.3) is 0 Å². The van der Waals surface area contributed by atoms with Gasteiger partial charge in [-0.3, -0.25) is 0 Å². The van der Waals surface area contributed by atoms with Gasteiger partial charge in [0.15, 0.2) is 0 Å². The van der Waals surface area contributed by atoms with Gasteiger partial charge in [-0.1, -0.05) is 0 Å². The summed E-state index contributed by atoms with van der Waals surface area (Å²) < 4.78 is 24.5. The Morgan fingerprint density at radius 3 is 2.14 bits per heavy atom. The average Bonchev–Trinajstić information content (AvgIpc) is 2.08. The second-order valence-electron chi connectivity index (χ2n) is 4.34. The third kappa shape index (κ3) is 3.22. The van der Waals surface area contributed by atoms with Crippen molar-refractivity contribution in [2.24, 2.45) is 11.7 Å². The third-order valence-electron chi connectivity index (χ3n) is 2.89. The molecule has 4 nitrogen and oxygen atoms in total. The lowest BCUT2D eigenvalue weighted by atomic mass is 9.88. The summed E-state index contributed by atoms with van der Waals surface area (Å²) in [7, 11) is 0.152. The first-order valence-electron chi connectivity index (χ1n) is 5.07. The van der Waals surface area contributed by atoms with Crippen molar-refractivity contribution in [1.29, 1.82) is 0 Å². The Morgan fingerprint density at radius 2 is 1.71 bits per heavy atom. The molecule has 1 aliphatic carbocycles. The molecule has 0 aromatic carbocycles. The molecule has 84 valence electrons. The summed E-state index contributed by atoms with van der Waals surface area (Å²) in [6.45, 7) is 0. The minimum atomic E-state index is -3.02. The van der Waals surface area contributed by atoms with E-state index in [0.717, 1.165) is 25.7 Å². The zero-order valence-corrected chi connectivity index (χ0v) is 9.76. The van der Waals surface area contributed by atoms with Crippen molar-refractivity contribution in [2.45, 2.75) is 31.7 Å². The first-order chi connectivity index (χ1) is 6.42. The molecule has 0 aromatic rings. The van der Waals surface area contributed by atoms with Crippen molar-refractivity contribution < 1.29 is 8.42 Å². The van der Waals surface area contributed by atoms with E-state index in [1.807, 2.05) is 0 Å². The number of nitrogens with two attached hydrogens (primary N) is 1. The number of rotatable bonds is 3. The molecule has 0 radical (unpaired) electrons. The van der Waals surface area contributed by atoms with E-state index in [-0.39, 0.29) is 11.8 Å². The fourth-order valence-corrected chi connectivity index (χ4v) is 3.03. The van der Waals surface area contributed by atoms with Crippen LogP contribution in [0.15, 0.2) is 0 Å². The SMILES string of the molecule is CN(C)S(=O)(=O)CC1CCC(N)CC1. The van der Waals surface area contributed by atoms with E-state index in [9.17, 15) is 8.42 Å². The minimum absolute atomic E-state index is 0.284. The summed E-state index contributed by atoms with van der Waals surface area (Å²) in [6.07, 6.45) is 3.84. The van der Waals surface area contributed by atoms with Crippen LogP contribution in [0.25, 0.3) is 0 Å². The first kappa shape index (κ1) is 11.9. The molecule has 0 spiro atoms. The zero-order valence-electron chi connectivity index (χ0n) is 8.94. The van der Waals surface area contributed by atoms with E-state index in [0.29, 0.717) is 5.92 Å². The van der Waals surface area contributed by atoms with Gasteiger partial charge in [-0.2, -0.15) is 0 Å². The molecule has 14 heavy (non-hydrogen) atoms. The van der Waals surface area contributed by atoms with Crippen LogP contribution in [-0.4, -0.2) is 38.6 Å². The number of hydrogen-bond donors (Lipinski definition) is 1. The summed E-state index contributed by atoms with van der Waals surface area (Å²) in [6, 6.07) is 0.285. The van der Waals surface area contributed by atoms with E-state index in [1.54, 1.807) is 14.1 Å². The van der Waals surface area contributed by atoms with Gasteiger partial charge in [0.1, 0.15) is 0 Å². The highest BCUT2D eigenvalue weighted by Crippen LogP contribution is 2.24. The van der Waals surface area contributed by atoms with Gasteiger partial charge in [0.2, 0.25) is 10.0 Å². The van der Waals surface area contributed by atoms with Crippen LogP contribution in [0.3, 0.4) is 0 Å². The second kappa shape index (κ2) is 4.59. The highest BCUT2D eigenvalue weighted by Gasteiger charge is 2.25. The van der Waals surface area contributed by atoms with Gasteiger partial charge in [0, 0.05) is 20.1 Å². The Hall–Kier alpha value is -0.130. The lowest BCUT2D eigenvalue weighted by Crippen LogP contribution is -2.33. The maximum atomic E-state index is 11.6. The van der Waals surface area contributed by atoms with E-state index in [4.69, 9.17) is 5.73 Å². The predicted molar refractivity (Wildman–Crippen MR) is 57.4 cm³/mol. The summed E-state index contributed by atoms with van der Waals surface area (Å²) in [5.74, 6) is 0.592. The normalized spacial score (nSPS) is 29.4. The summed E-state index contributed by atoms with van der Waals surface area (Å²) >= 11 is 0. The smallest absolute Gasteiger partial charge is 0.213 e. The summed E-state index contributed by atoms with van der Waals surface area (Å²) in [4.78, 5) is 0. The molecule has 0 amide bonds. The topological polar surface area (TPSA) is 63.4 Å². The zero-order chi connectivity index (χ0) is 10.8. The van der Waals surface area contributed by atoms with Crippen molar-refractivity contribution in [3.63, 3.8) is 0 Å². The highest BCUT2D eigenvalue weighted by molar-refractivity contribution is 7.89. The van der Waals surface area contributed by atoms with Gasteiger partial charge in [-0.15, -0.1) is 0 Å². The molecule has 0 bridgehead atoms. The van der Waals surface area contributed by atoms with E-state index in [1.165, 1.54) is 4.31 Å². The Balaban J connectivity index is 2.46. The van der Waals surface area contributed by atoms with E-state index >= 15 is 0 Å². The van der Waals surface area contributed by atoms with Crippen molar-refractivity contribution >= 4 is 10.0 Å². The largest absolute Gasteiger partial charge is 0.328 e. The molecule has 1 rings (SSSR count). The maximum absolute atomic E-state index is 11.6. The molecule has 2 N–H and O–H groups in total. The van der Waals surface area contributed by atoms with Crippen LogP contribution < -0.4 is 5.73 Å². The number of nitrogens with zero attached hydrogens (tertiary/aromatic N) is 1. The number of hydrogen-bond acceptors (Lipinski definition) is 3. The summed E-state index contributed by atoms with van der Waals surface area (Å²) in [5.41, 5.74) is 5.76. The summed E-state index contributed by atoms with van der Waals surface area (Å²) in [5, 5.41) is 0. The average molecular weight is 220 g/mol. The number of sulfonamides is 1.